The molecule has 0 bridgehead atoms. The van der Waals surface area contributed by atoms with Gasteiger partial charge in [-0.15, -0.1) is 0 Å². The Balaban J connectivity index is 2.33. The van der Waals surface area contributed by atoms with E-state index in [-0.39, 0.29) is 23.8 Å². The van der Waals surface area contributed by atoms with E-state index in [0.29, 0.717) is 19.1 Å². The molecular formula is C21H38O4. The average Bonchev–Trinajstić information content (AvgIpc) is 2.60. The number of hydrogen-bond donors (Lipinski definition) is 0. The third-order valence-electron chi connectivity index (χ3n) is 5.03. The lowest BCUT2D eigenvalue weighted by molar-refractivity contribution is -0.163. The second-order valence-electron chi connectivity index (χ2n) is 7.78. The van der Waals surface area contributed by atoms with Crippen LogP contribution in [-0.2, 0) is 19.1 Å². The lowest BCUT2D eigenvalue weighted by Gasteiger charge is -2.28. The summed E-state index contributed by atoms with van der Waals surface area (Å²) in [5, 5.41) is 0. The van der Waals surface area contributed by atoms with Gasteiger partial charge in [-0.1, -0.05) is 59.3 Å². The normalized spacial score (nSPS) is 20.5. The van der Waals surface area contributed by atoms with Crippen molar-refractivity contribution < 1.29 is 19.1 Å². The smallest absolute Gasteiger partial charge is 0.309 e. The van der Waals surface area contributed by atoms with E-state index in [2.05, 4.69) is 20.8 Å². The molecule has 2 atom stereocenters. The molecule has 1 rings (SSSR count). The van der Waals surface area contributed by atoms with Gasteiger partial charge in [0.1, 0.15) is 0 Å². The summed E-state index contributed by atoms with van der Waals surface area (Å²) in [6.07, 6.45) is 11.0. The first kappa shape index (κ1) is 22.0. The number of carbonyl (C=O) groups excluding carboxylic acids is 2. The standard InChI is InChI=1S/C21H38O4/c1-4-5-6-10-15-24-20(22)18-13-7-8-14-19(18)21(23)25-16-11-9-12-17(2)3/h17-19H,4-16H2,1-3H3. The van der Waals surface area contributed by atoms with Crippen LogP contribution in [0.2, 0.25) is 0 Å². The summed E-state index contributed by atoms with van der Waals surface area (Å²) in [7, 11) is 0. The molecule has 0 aromatic rings. The van der Waals surface area contributed by atoms with Gasteiger partial charge >= 0.3 is 11.9 Å². The molecule has 0 amide bonds. The molecule has 0 aromatic carbocycles. The van der Waals surface area contributed by atoms with Crippen molar-refractivity contribution in [2.24, 2.45) is 17.8 Å². The molecule has 4 nitrogen and oxygen atoms in total. The third-order valence-corrected chi connectivity index (χ3v) is 5.03. The third kappa shape index (κ3) is 9.27. The van der Waals surface area contributed by atoms with Gasteiger partial charge in [0.2, 0.25) is 0 Å². The Bertz CT molecular complexity index is 378. The lowest BCUT2D eigenvalue weighted by atomic mass is 9.79. The van der Waals surface area contributed by atoms with Crippen molar-refractivity contribution in [3.8, 4) is 0 Å². The van der Waals surface area contributed by atoms with Crippen molar-refractivity contribution in [3.05, 3.63) is 0 Å². The van der Waals surface area contributed by atoms with E-state index in [1.165, 1.54) is 12.8 Å². The molecule has 2 unspecified atom stereocenters. The van der Waals surface area contributed by atoms with Crippen LogP contribution >= 0.6 is 0 Å². The van der Waals surface area contributed by atoms with E-state index < -0.39 is 0 Å². The molecule has 1 aliphatic carbocycles. The van der Waals surface area contributed by atoms with Gasteiger partial charge in [0, 0.05) is 0 Å². The summed E-state index contributed by atoms with van der Waals surface area (Å²) in [5.74, 6) is -0.314. The van der Waals surface area contributed by atoms with Gasteiger partial charge in [-0.05, 0) is 38.0 Å². The molecule has 1 aliphatic rings. The minimum Gasteiger partial charge on any atom is -0.465 e. The Morgan fingerprint density at radius 2 is 1.36 bits per heavy atom. The zero-order chi connectivity index (χ0) is 18.5. The highest BCUT2D eigenvalue weighted by molar-refractivity contribution is 5.82. The van der Waals surface area contributed by atoms with E-state index in [4.69, 9.17) is 9.47 Å². The topological polar surface area (TPSA) is 52.6 Å². The van der Waals surface area contributed by atoms with Crippen LogP contribution in [0.25, 0.3) is 0 Å². The van der Waals surface area contributed by atoms with Gasteiger partial charge in [-0.3, -0.25) is 9.59 Å². The van der Waals surface area contributed by atoms with Crippen LogP contribution in [0.1, 0.15) is 91.4 Å². The van der Waals surface area contributed by atoms with Gasteiger partial charge in [0.05, 0.1) is 25.0 Å². The molecular weight excluding hydrogens is 316 g/mol. The van der Waals surface area contributed by atoms with E-state index in [0.717, 1.165) is 57.8 Å². The van der Waals surface area contributed by atoms with Crippen molar-refractivity contribution >= 4 is 11.9 Å². The molecule has 0 spiro atoms. The number of carbonyl (C=O) groups is 2. The van der Waals surface area contributed by atoms with Crippen LogP contribution in [-0.4, -0.2) is 25.2 Å². The van der Waals surface area contributed by atoms with E-state index >= 15 is 0 Å². The van der Waals surface area contributed by atoms with Crippen molar-refractivity contribution in [1.29, 1.82) is 0 Å². The second kappa shape index (κ2) is 13.2. The number of rotatable bonds is 12. The van der Waals surface area contributed by atoms with Gasteiger partial charge < -0.3 is 9.47 Å². The number of esters is 2. The van der Waals surface area contributed by atoms with Gasteiger partial charge in [0.15, 0.2) is 0 Å². The van der Waals surface area contributed by atoms with Crippen molar-refractivity contribution in [2.45, 2.75) is 91.4 Å². The average molecular weight is 355 g/mol. The molecule has 1 fully saturated rings. The maximum Gasteiger partial charge on any atom is 0.309 e. The monoisotopic (exact) mass is 354 g/mol. The molecule has 0 N–H and O–H groups in total. The Morgan fingerprint density at radius 3 is 1.84 bits per heavy atom. The summed E-state index contributed by atoms with van der Waals surface area (Å²) in [4.78, 5) is 24.8. The predicted molar refractivity (Wildman–Crippen MR) is 100 cm³/mol. The number of ether oxygens (including phenoxy) is 2. The molecule has 0 aromatic heterocycles. The molecule has 0 aliphatic heterocycles. The molecule has 0 saturated heterocycles. The minimum absolute atomic E-state index is 0.196. The maximum atomic E-state index is 12.4. The van der Waals surface area contributed by atoms with E-state index in [9.17, 15) is 9.59 Å². The molecule has 0 heterocycles. The van der Waals surface area contributed by atoms with E-state index in [1.807, 2.05) is 0 Å². The quantitative estimate of drug-likeness (QED) is 0.353. The van der Waals surface area contributed by atoms with Gasteiger partial charge in [0.25, 0.3) is 0 Å². The van der Waals surface area contributed by atoms with Crippen molar-refractivity contribution in [2.75, 3.05) is 13.2 Å². The first-order chi connectivity index (χ1) is 12.1. The summed E-state index contributed by atoms with van der Waals surface area (Å²) in [6.45, 7) is 7.51. The molecule has 146 valence electrons. The molecule has 4 heteroatoms. The fourth-order valence-electron chi connectivity index (χ4n) is 3.44. The first-order valence-corrected chi connectivity index (χ1v) is 10.4. The zero-order valence-corrected chi connectivity index (χ0v) is 16.6. The summed E-state index contributed by atoms with van der Waals surface area (Å²) >= 11 is 0. The van der Waals surface area contributed by atoms with Gasteiger partial charge in [-0.2, -0.15) is 0 Å². The van der Waals surface area contributed by atoms with Crippen LogP contribution in [0.4, 0.5) is 0 Å². The highest BCUT2D eigenvalue weighted by Gasteiger charge is 2.37. The van der Waals surface area contributed by atoms with Gasteiger partial charge in [-0.25, -0.2) is 0 Å². The van der Waals surface area contributed by atoms with Crippen LogP contribution in [0.3, 0.4) is 0 Å². The fraction of sp³-hybridized carbons (Fsp3) is 0.905. The number of hydrogen-bond acceptors (Lipinski definition) is 4. The van der Waals surface area contributed by atoms with Crippen LogP contribution < -0.4 is 0 Å². The fourth-order valence-corrected chi connectivity index (χ4v) is 3.44. The summed E-state index contributed by atoms with van der Waals surface area (Å²) in [5.41, 5.74) is 0. The second-order valence-corrected chi connectivity index (χ2v) is 7.78. The van der Waals surface area contributed by atoms with Crippen molar-refractivity contribution in [3.63, 3.8) is 0 Å². The van der Waals surface area contributed by atoms with Crippen LogP contribution in [0.5, 0.6) is 0 Å². The molecule has 1 saturated carbocycles. The van der Waals surface area contributed by atoms with Crippen molar-refractivity contribution in [1.82, 2.24) is 0 Å². The largest absolute Gasteiger partial charge is 0.465 e. The van der Waals surface area contributed by atoms with Crippen LogP contribution in [0.15, 0.2) is 0 Å². The highest BCUT2D eigenvalue weighted by Crippen LogP contribution is 2.32. The summed E-state index contributed by atoms with van der Waals surface area (Å²) in [6, 6.07) is 0. The van der Waals surface area contributed by atoms with Crippen LogP contribution in [0, 0.1) is 17.8 Å². The molecule has 25 heavy (non-hydrogen) atoms. The Labute approximate surface area is 154 Å². The Morgan fingerprint density at radius 1 is 0.840 bits per heavy atom. The Kier molecular flexibility index (Phi) is 11.6. The first-order valence-electron chi connectivity index (χ1n) is 10.4. The maximum absolute atomic E-state index is 12.4. The minimum atomic E-state index is -0.304. The predicted octanol–water partition coefficient (Wildman–Crippen LogP) is 5.29. The number of unbranched alkanes of at least 4 members (excludes halogenated alkanes) is 4. The summed E-state index contributed by atoms with van der Waals surface area (Å²) < 4.78 is 10.9. The SMILES string of the molecule is CCCCCCOC(=O)C1CCCCC1C(=O)OCCCCC(C)C. The zero-order valence-electron chi connectivity index (χ0n) is 16.6. The lowest BCUT2D eigenvalue weighted by Crippen LogP contribution is -2.35. The highest BCUT2D eigenvalue weighted by atomic mass is 16.5. The molecule has 0 radical (unpaired) electrons. The Hall–Kier alpha value is -1.06. The van der Waals surface area contributed by atoms with E-state index in [1.54, 1.807) is 0 Å².